The highest BCUT2D eigenvalue weighted by Crippen LogP contribution is 2.34. The summed E-state index contributed by atoms with van der Waals surface area (Å²) in [6, 6.07) is 13.8. The summed E-state index contributed by atoms with van der Waals surface area (Å²) >= 11 is 6.26. The Morgan fingerprint density at radius 2 is 1.71 bits per heavy atom. The normalized spacial score (nSPS) is 13.8. The van der Waals surface area contributed by atoms with Crippen LogP contribution in [-0.4, -0.2) is 61.1 Å². The minimum Gasteiger partial charge on any atom is -0.465 e. The third-order valence-electron chi connectivity index (χ3n) is 6.17. The number of benzene rings is 3. The van der Waals surface area contributed by atoms with E-state index >= 15 is 0 Å². The first-order chi connectivity index (χ1) is 16.9. The molecule has 4 aromatic rings. The number of halogens is 1. The van der Waals surface area contributed by atoms with Gasteiger partial charge in [0.1, 0.15) is 0 Å². The molecule has 2 heterocycles. The van der Waals surface area contributed by atoms with Crippen molar-refractivity contribution in [1.29, 1.82) is 0 Å². The maximum atomic E-state index is 12.9. The molecule has 1 saturated heterocycles. The quantitative estimate of drug-likeness (QED) is 0.419. The molecule has 35 heavy (non-hydrogen) atoms. The van der Waals surface area contributed by atoms with Crippen molar-refractivity contribution in [2.45, 2.75) is 0 Å². The molecule has 0 unspecified atom stereocenters. The summed E-state index contributed by atoms with van der Waals surface area (Å²) in [5, 5.41) is 1.95. The average molecular weight is 492 g/mol. The molecule has 178 valence electrons. The van der Waals surface area contributed by atoms with Gasteiger partial charge in [0.05, 0.1) is 37.0 Å². The largest absolute Gasteiger partial charge is 0.465 e. The van der Waals surface area contributed by atoms with Crippen molar-refractivity contribution in [2.75, 3.05) is 33.4 Å². The van der Waals surface area contributed by atoms with Gasteiger partial charge in [0.2, 0.25) is 0 Å². The van der Waals surface area contributed by atoms with Gasteiger partial charge in [-0.25, -0.2) is 4.79 Å². The van der Waals surface area contributed by atoms with E-state index < -0.39 is 11.9 Å². The van der Waals surface area contributed by atoms with Crippen LogP contribution in [0.4, 0.5) is 0 Å². The Hall–Kier alpha value is -3.88. The molecule has 3 aromatic carbocycles. The lowest BCUT2D eigenvalue weighted by Crippen LogP contribution is -2.40. The van der Waals surface area contributed by atoms with Crippen LogP contribution in [-0.2, 0) is 9.47 Å². The number of aromatic nitrogens is 1. The number of rotatable bonds is 4. The van der Waals surface area contributed by atoms with Gasteiger partial charge in [-0.3, -0.25) is 9.59 Å². The fourth-order valence-corrected chi connectivity index (χ4v) is 4.68. The first kappa shape index (κ1) is 22.9. The summed E-state index contributed by atoms with van der Waals surface area (Å²) in [6.45, 7) is 2.14. The lowest BCUT2D eigenvalue weighted by molar-refractivity contribution is 0.0303. The summed E-state index contributed by atoms with van der Waals surface area (Å²) in [6.07, 6.45) is 0. The Morgan fingerprint density at radius 3 is 2.43 bits per heavy atom. The maximum Gasteiger partial charge on any atom is 0.337 e. The highest BCUT2D eigenvalue weighted by molar-refractivity contribution is 6.31. The molecule has 0 atom stereocenters. The van der Waals surface area contributed by atoms with Gasteiger partial charge >= 0.3 is 5.97 Å². The number of primary amides is 1. The van der Waals surface area contributed by atoms with Gasteiger partial charge in [0.25, 0.3) is 11.8 Å². The third-order valence-corrected chi connectivity index (χ3v) is 6.39. The summed E-state index contributed by atoms with van der Waals surface area (Å²) in [4.78, 5) is 42.4. The number of nitrogens with two attached hydrogens (primary N) is 1. The van der Waals surface area contributed by atoms with E-state index in [2.05, 4.69) is 4.98 Å². The molecule has 2 amide bonds. The monoisotopic (exact) mass is 491 g/mol. The minimum absolute atomic E-state index is 0.0704. The molecule has 0 radical (unpaired) electrons. The number of ether oxygens (including phenoxy) is 2. The Labute approximate surface area is 205 Å². The van der Waals surface area contributed by atoms with Crippen LogP contribution in [0.25, 0.3) is 32.9 Å². The molecule has 1 fully saturated rings. The van der Waals surface area contributed by atoms with Gasteiger partial charge in [0, 0.05) is 40.0 Å². The third kappa shape index (κ3) is 4.22. The second kappa shape index (κ2) is 9.05. The van der Waals surface area contributed by atoms with Gasteiger partial charge < -0.3 is 25.1 Å². The van der Waals surface area contributed by atoms with E-state index in [0.29, 0.717) is 64.6 Å². The molecule has 1 aliphatic heterocycles. The molecular weight excluding hydrogens is 470 g/mol. The van der Waals surface area contributed by atoms with Crippen LogP contribution in [0.15, 0.2) is 48.5 Å². The van der Waals surface area contributed by atoms with Gasteiger partial charge in [-0.1, -0.05) is 17.7 Å². The number of nitrogens with one attached hydrogen (secondary N) is 1. The second-order valence-corrected chi connectivity index (χ2v) is 8.76. The van der Waals surface area contributed by atoms with Crippen LogP contribution >= 0.6 is 11.6 Å². The number of morpholine rings is 1. The first-order valence-corrected chi connectivity index (χ1v) is 11.4. The number of methoxy groups -OCH3 is 1. The second-order valence-electron chi connectivity index (χ2n) is 8.32. The summed E-state index contributed by atoms with van der Waals surface area (Å²) < 4.78 is 10.2. The zero-order valence-corrected chi connectivity index (χ0v) is 19.6. The number of aromatic amines is 1. The van der Waals surface area contributed by atoms with Crippen LogP contribution in [0, 0.1) is 0 Å². The number of H-pyrrole nitrogens is 1. The van der Waals surface area contributed by atoms with E-state index in [4.69, 9.17) is 26.8 Å². The fourth-order valence-electron chi connectivity index (χ4n) is 4.44. The van der Waals surface area contributed by atoms with Crippen molar-refractivity contribution in [2.24, 2.45) is 5.73 Å². The zero-order chi connectivity index (χ0) is 24.7. The predicted octanol–water partition coefficient (Wildman–Crippen LogP) is 4.00. The Morgan fingerprint density at radius 1 is 0.971 bits per heavy atom. The summed E-state index contributed by atoms with van der Waals surface area (Å²) in [5.74, 6) is -1.20. The SMILES string of the molecule is COC(=O)c1cc(Cl)cc(-c2cc(C(N)=O)c3[nH]c4cc(C(=O)N5CCOCC5)ccc4c3c2)c1. The molecule has 8 nitrogen and oxygen atoms in total. The first-order valence-electron chi connectivity index (χ1n) is 11.0. The maximum absolute atomic E-state index is 12.9. The van der Waals surface area contributed by atoms with E-state index in [1.807, 2.05) is 12.1 Å². The smallest absolute Gasteiger partial charge is 0.337 e. The number of carbonyl (C=O) groups is 3. The molecule has 3 N–H and O–H groups in total. The molecule has 0 aliphatic carbocycles. The number of esters is 1. The number of carbonyl (C=O) groups excluding carboxylic acids is 3. The van der Waals surface area contributed by atoms with Gasteiger partial charge in [-0.15, -0.1) is 0 Å². The topological polar surface area (TPSA) is 115 Å². The lowest BCUT2D eigenvalue weighted by Gasteiger charge is -2.26. The molecule has 1 aromatic heterocycles. The van der Waals surface area contributed by atoms with Crippen molar-refractivity contribution in [3.05, 3.63) is 70.2 Å². The molecule has 9 heteroatoms. The van der Waals surface area contributed by atoms with Gasteiger partial charge in [0.15, 0.2) is 0 Å². The molecule has 5 rings (SSSR count). The number of amides is 2. The van der Waals surface area contributed by atoms with E-state index in [1.165, 1.54) is 13.2 Å². The van der Waals surface area contributed by atoms with Crippen LogP contribution in [0.1, 0.15) is 31.1 Å². The molecule has 0 bridgehead atoms. The van der Waals surface area contributed by atoms with E-state index in [1.54, 1.807) is 35.2 Å². The summed E-state index contributed by atoms with van der Waals surface area (Å²) in [7, 11) is 1.30. The molecule has 1 aliphatic rings. The Balaban J connectivity index is 1.65. The van der Waals surface area contributed by atoms with Crippen molar-refractivity contribution in [1.82, 2.24) is 9.88 Å². The number of fused-ring (bicyclic) bond motifs is 3. The zero-order valence-electron chi connectivity index (χ0n) is 18.9. The van der Waals surface area contributed by atoms with E-state index in [9.17, 15) is 14.4 Å². The van der Waals surface area contributed by atoms with Gasteiger partial charge in [-0.2, -0.15) is 0 Å². The van der Waals surface area contributed by atoms with Crippen LogP contribution in [0.3, 0.4) is 0 Å². The van der Waals surface area contributed by atoms with Crippen molar-refractivity contribution in [3.8, 4) is 11.1 Å². The fraction of sp³-hybridized carbons (Fsp3) is 0.192. The van der Waals surface area contributed by atoms with E-state index in [0.717, 1.165) is 10.8 Å². The molecule has 0 saturated carbocycles. The molecule has 0 spiro atoms. The van der Waals surface area contributed by atoms with Crippen LogP contribution in [0.5, 0.6) is 0 Å². The van der Waals surface area contributed by atoms with E-state index in [-0.39, 0.29) is 11.5 Å². The molecular formula is C26H22ClN3O5. The Bertz CT molecular complexity index is 1500. The summed E-state index contributed by atoms with van der Waals surface area (Å²) in [5.41, 5.74) is 9.42. The Kier molecular flexibility index (Phi) is 5.92. The number of nitrogens with zero attached hydrogens (tertiary/aromatic N) is 1. The minimum atomic E-state index is -0.608. The highest BCUT2D eigenvalue weighted by Gasteiger charge is 2.21. The average Bonchev–Trinajstić information content (AvgIpc) is 3.25. The highest BCUT2D eigenvalue weighted by atomic mass is 35.5. The predicted molar refractivity (Wildman–Crippen MR) is 133 cm³/mol. The van der Waals surface area contributed by atoms with Crippen molar-refractivity contribution >= 4 is 51.2 Å². The van der Waals surface area contributed by atoms with Crippen LogP contribution < -0.4 is 5.73 Å². The number of hydrogen-bond acceptors (Lipinski definition) is 5. The van der Waals surface area contributed by atoms with Crippen molar-refractivity contribution < 1.29 is 23.9 Å². The van der Waals surface area contributed by atoms with Crippen LogP contribution in [0.2, 0.25) is 5.02 Å². The number of hydrogen-bond donors (Lipinski definition) is 2. The standard InChI is InChI=1S/C26H22ClN3O5/c1-34-26(33)17-8-15(9-18(27)10-17)16-11-20-19-3-2-14(25(32)30-4-6-35-7-5-30)13-22(19)29-23(20)21(12-16)24(28)31/h2-3,8-13,29H,4-7H2,1H3,(H2,28,31). The lowest BCUT2D eigenvalue weighted by atomic mass is 9.97. The van der Waals surface area contributed by atoms with Crippen molar-refractivity contribution in [3.63, 3.8) is 0 Å². The van der Waals surface area contributed by atoms with Gasteiger partial charge in [-0.05, 0) is 53.6 Å².